The summed E-state index contributed by atoms with van der Waals surface area (Å²) < 4.78 is 5.46. The second-order valence-corrected chi connectivity index (χ2v) is 6.87. The molecule has 0 radical (unpaired) electrons. The van der Waals surface area contributed by atoms with Crippen LogP contribution in [0.25, 0.3) is 0 Å². The summed E-state index contributed by atoms with van der Waals surface area (Å²) in [6.07, 6.45) is 8.98. The van der Waals surface area contributed by atoms with Gasteiger partial charge in [0.05, 0.1) is 5.54 Å². The Balaban J connectivity index is 1.53. The number of nitrogens with zero attached hydrogens (tertiary/aromatic N) is 3. The third-order valence-electron chi connectivity index (χ3n) is 5.11. The van der Waals surface area contributed by atoms with Crippen LogP contribution in [0.2, 0.25) is 0 Å². The standard InChI is InChI=1S/C16H28N4O/c1-2-9-20-10-5-13(6-11-20)12-14-18-15(21-19-14)16(17)7-3-4-8-16/h13H,2-12,17H2,1H3. The summed E-state index contributed by atoms with van der Waals surface area (Å²) in [5, 5.41) is 4.18. The van der Waals surface area contributed by atoms with E-state index in [1.54, 1.807) is 0 Å². The Kier molecular flexibility index (Phi) is 4.60. The van der Waals surface area contributed by atoms with E-state index in [-0.39, 0.29) is 5.54 Å². The van der Waals surface area contributed by atoms with E-state index in [1.807, 2.05) is 0 Å². The Hall–Kier alpha value is -0.940. The highest BCUT2D eigenvalue weighted by Crippen LogP contribution is 2.35. The first kappa shape index (κ1) is 15.0. The van der Waals surface area contributed by atoms with E-state index in [4.69, 9.17) is 10.3 Å². The van der Waals surface area contributed by atoms with Gasteiger partial charge in [-0.3, -0.25) is 0 Å². The Labute approximate surface area is 127 Å². The van der Waals surface area contributed by atoms with Crippen molar-refractivity contribution >= 4 is 0 Å². The molecule has 21 heavy (non-hydrogen) atoms. The van der Waals surface area contributed by atoms with Crippen LogP contribution in [0.15, 0.2) is 4.52 Å². The predicted molar refractivity (Wildman–Crippen MR) is 81.8 cm³/mol. The first-order valence-electron chi connectivity index (χ1n) is 8.54. The van der Waals surface area contributed by atoms with Gasteiger partial charge in [-0.2, -0.15) is 4.98 Å². The molecule has 1 saturated carbocycles. The maximum atomic E-state index is 6.38. The zero-order valence-corrected chi connectivity index (χ0v) is 13.2. The van der Waals surface area contributed by atoms with Gasteiger partial charge in [0.1, 0.15) is 0 Å². The van der Waals surface area contributed by atoms with Crippen molar-refractivity contribution in [2.24, 2.45) is 11.7 Å². The smallest absolute Gasteiger partial charge is 0.246 e. The largest absolute Gasteiger partial charge is 0.337 e. The molecule has 1 aliphatic carbocycles. The maximum absolute atomic E-state index is 6.38. The molecule has 1 aromatic heterocycles. The van der Waals surface area contributed by atoms with Gasteiger partial charge in [-0.15, -0.1) is 0 Å². The maximum Gasteiger partial charge on any atom is 0.246 e. The quantitative estimate of drug-likeness (QED) is 0.903. The van der Waals surface area contributed by atoms with Crippen LogP contribution >= 0.6 is 0 Å². The van der Waals surface area contributed by atoms with E-state index >= 15 is 0 Å². The number of hydrogen-bond donors (Lipinski definition) is 1. The normalized spacial score (nSPS) is 23.7. The SMILES string of the molecule is CCCN1CCC(Cc2noc(C3(N)CCCC3)n2)CC1. The molecular weight excluding hydrogens is 264 g/mol. The van der Waals surface area contributed by atoms with Crippen LogP contribution in [0, 0.1) is 5.92 Å². The third-order valence-corrected chi connectivity index (χ3v) is 5.11. The van der Waals surface area contributed by atoms with E-state index in [9.17, 15) is 0 Å². The summed E-state index contributed by atoms with van der Waals surface area (Å²) in [5.41, 5.74) is 6.02. The molecule has 1 aromatic rings. The minimum Gasteiger partial charge on any atom is -0.337 e. The number of rotatable bonds is 5. The van der Waals surface area contributed by atoms with E-state index in [1.165, 1.54) is 51.7 Å². The molecule has 2 aliphatic rings. The Morgan fingerprint density at radius 3 is 2.67 bits per heavy atom. The molecule has 2 heterocycles. The van der Waals surface area contributed by atoms with Crippen molar-refractivity contribution in [2.45, 2.75) is 63.8 Å². The topological polar surface area (TPSA) is 68.2 Å². The molecule has 0 bridgehead atoms. The lowest BCUT2D eigenvalue weighted by Gasteiger charge is -2.31. The summed E-state index contributed by atoms with van der Waals surface area (Å²) in [7, 11) is 0. The van der Waals surface area contributed by atoms with Crippen LogP contribution in [-0.4, -0.2) is 34.7 Å². The molecule has 0 aromatic carbocycles. The molecular formula is C16H28N4O. The molecule has 0 spiro atoms. The van der Waals surface area contributed by atoms with Gasteiger partial charge in [0, 0.05) is 6.42 Å². The number of hydrogen-bond acceptors (Lipinski definition) is 5. The molecule has 0 amide bonds. The van der Waals surface area contributed by atoms with E-state index in [0.717, 1.165) is 25.1 Å². The van der Waals surface area contributed by atoms with Gasteiger partial charge < -0.3 is 15.2 Å². The van der Waals surface area contributed by atoms with E-state index in [2.05, 4.69) is 22.0 Å². The van der Waals surface area contributed by atoms with Gasteiger partial charge in [0.2, 0.25) is 5.89 Å². The molecule has 2 N–H and O–H groups in total. The van der Waals surface area contributed by atoms with Crippen molar-refractivity contribution in [1.82, 2.24) is 15.0 Å². The predicted octanol–water partition coefficient (Wildman–Crippen LogP) is 2.46. The first-order chi connectivity index (χ1) is 10.2. The van der Waals surface area contributed by atoms with Crippen molar-refractivity contribution in [2.75, 3.05) is 19.6 Å². The van der Waals surface area contributed by atoms with Gasteiger partial charge in [0.25, 0.3) is 0 Å². The number of likely N-dealkylation sites (tertiary alicyclic amines) is 1. The molecule has 5 heteroatoms. The van der Waals surface area contributed by atoms with Crippen LogP contribution in [0.3, 0.4) is 0 Å². The first-order valence-corrected chi connectivity index (χ1v) is 8.54. The monoisotopic (exact) mass is 292 g/mol. The van der Waals surface area contributed by atoms with Crippen LogP contribution in [0.4, 0.5) is 0 Å². The lowest BCUT2D eigenvalue weighted by atomic mass is 9.93. The zero-order valence-electron chi connectivity index (χ0n) is 13.2. The van der Waals surface area contributed by atoms with Crippen LogP contribution in [0.1, 0.15) is 63.6 Å². The average Bonchev–Trinajstić information content (AvgIpc) is 3.12. The van der Waals surface area contributed by atoms with Gasteiger partial charge in [-0.1, -0.05) is 24.9 Å². The van der Waals surface area contributed by atoms with Gasteiger partial charge >= 0.3 is 0 Å². The van der Waals surface area contributed by atoms with Crippen LogP contribution in [0.5, 0.6) is 0 Å². The fraction of sp³-hybridized carbons (Fsp3) is 0.875. The van der Waals surface area contributed by atoms with Crippen LogP contribution in [-0.2, 0) is 12.0 Å². The molecule has 3 rings (SSSR count). The van der Waals surface area contributed by atoms with E-state index < -0.39 is 0 Å². The molecule has 1 saturated heterocycles. The summed E-state index contributed by atoms with van der Waals surface area (Å²) in [4.78, 5) is 7.16. The number of piperidine rings is 1. The highest BCUT2D eigenvalue weighted by Gasteiger charge is 2.37. The Bertz CT molecular complexity index is 445. The van der Waals surface area contributed by atoms with Crippen molar-refractivity contribution < 1.29 is 4.52 Å². The zero-order chi connectivity index (χ0) is 14.7. The summed E-state index contributed by atoms with van der Waals surface area (Å²) >= 11 is 0. The third kappa shape index (κ3) is 3.46. The number of nitrogens with two attached hydrogens (primary N) is 1. The van der Waals surface area contributed by atoms with Gasteiger partial charge in [-0.25, -0.2) is 0 Å². The molecule has 0 atom stereocenters. The minimum absolute atomic E-state index is 0.351. The van der Waals surface area contributed by atoms with Crippen LogP contribution < -0.4 is 5.73 Å². The van der Waals surface area contributed by atoms with Crippen molar-refractivity contribution in [3.05, 3.63) is 11.7 Å². The average molecular weight is 292 g/mol. The molecule has 118 valence electrons. The highest BCUT2D eigenvalue weighted by atomic mass is 16.5. The van der Waals surface area contributed by atoms with Crippen molar-refractivity contribution in [3.63, 3.8) is 0 Å². The summed E-state index contributed by atoms with van der Waals surface area (Å²) in [6, 6.07) is 0. The molecule has 0 unspecified atom stereocenters. The second kappa shape index (κ2) is 6.44. The minimum atomic E-state index is -0.351. The Morgan fingerprint density at radius 2 is 2.00 bits per heavy atom. The molecule has 1 aliphatic heterocycles. The van der Waals surface area contributed by atoms with Crippen molar-refractivity contribution in [1.29, 1.82) is 0 Å². The van der Waals surface area contributed by atoms with Crippen molar-refractivity contribution in [3.8, 4) is 0 Å². The number of aromatic nitrogens is 2. The van der Waals surface area contributed by atoms with Gasteiger partial charge in [-0.05, 0) is 57.7 Å². The fourth-order valence-corrected chi connectivity index (χ4v) is 3.75. The molecule has 2 fully saturated rings. The lowest BCUT2D eigenvalue weighted by Crippen LogP contribution is -2.35. The lowest BCUT2D eigenvalue weighted by molar-refractivity contribution is 0.182. The Morgan fingerprint density at radius 1 is 1.29 bits per heavy atom. The van der Waals surface area contributed by atoms with Gasteiger partial charge in [0.15, 0.2) is 5.82 Å². The summed E-state index contributed by atoms with van der Waals surface area (Å²) in [6.45, 7) is 5.90. The second-order valence-electron chi connectivity index (χ2n) is 6.87. The molecule has 5 nitrogen and oxygen atoms in total. The summed E-state index contributed by atoms with van der Waals surface area (Å²) in [5.74, 6) is 2.22. The van der Waals surface area contributed by atoms with E-state index in [0.29, 0.717) is 11.8 Å². The fourth-order valence-electron chi connectivity index (χ4n) is 3.75. The highest BCUT2D eigenvalue weighted by molar-refractivity contribution is 5.05.